The molecule has 0 aliphatic heterocycles. The highest BCUT2D eigenvalue weighted by molar-refractivity contribution is 7.99. The summed E-state index contributed by atoms with van der Waals surface area (Å²) in [6, 6.07) is 2.16. The smallest absolute Gasteiger partial charge is 0.0989 e. The van der Waals surface area contributed by atoms with Gasteiger partial charge in [-0.2, -0.15) is 0 Å². The molecule has 1 aliphatic carbocycles. The highest BCUT2D eigenvalue weighted by atomic mass is 32.2. The van der Waals surface area contributed by atoms with Gasteiger partial charge in [0.25, 0.3) is 0 Å². The molecule has 1 aliphatic rings. The standard InChI is InChI=1S/C13H20N2S/c1-10-6-12(7-14)8-15-13(10)16-9-11-4-2-3-5-11/h6,8,11H,2-5,7,9,14H2,1H3. The molecule has 3 heteroatoms. The maximum Gasteiger partial charge on any atom is 0.0989 e. The van der Waals surface area contributed by atoms with Crippen molar-refractivity contribution in [3.05, 3.63) is 23.4 Å². The third-order valence-corrected chi connectivity index (χ3v) is 4.59. The molecule has 0 spiro atoms. The topological polar surface area (TPSA) is 38.9 Å². The van der Waals surface area contributed by atoms with Crippen molar-refractivity contribution in [3.8, 4) is 0 Å². The van der Waals surface area contributed by atoms with Gasteiger partial charge in [-0.3, -0.25) is 0 Å². The minimum absolute atomic E-state index is 0.585. The zero-order chi connectivity index (χ0) is 11.4. The Bertz CT molecular complexity index is 346. The summed E-state index contributed by atoms with van der Waals surface area (Å²) in [5.74, 6) is 2.15. The van der Waals surface area contributed by atoms with Crippen LogP contribution in [0.2, 0.25) is 0 Å². The highest BCUT2D eigenvalue weighted by Gasteiger charge is 2.15. The van der Waals surface area contributed by atoms with Gasteiger partial charge in [0.05, 0.1) is 5.03 Å². The number of nitrogens with two attached hydrogens (primary N) is 1. The number of aryl methyl sites for hydroxylation is 1. The Kier molecular flexibility index (Phi) is 4.24. The Morgan fingerprint density at radius 2 is 2.19 bits per heavy atom. The van der Waals surface area contributed by atoms with Crippen LogP contribution in [-0.2, 0) is 6.54 Å². The molecule has 1 heterocycles. The van der Waals surface area contributed by atoms with Gasteiger partial charge in [0.1, 0.15) is 0 Å². The van der Waals surface area contributed by atoms with Crippen molar-refractivity contribution in [1.29, 1.82) is 0 Å². The van der Waals surface area contributed by atoms with Crippen LogP contribution >= 0.6 is 11.8 Å². The number of aromatic nitrogens is 1. The minimum Gasteiger partial charge on any atom is -0.326 e. The first-order chi connectivity index (χ1) is 7.79. The Morgan fingerprint density at radius 3 is 2.81 bits per heavy atom. The van der Waals surface area contributed by atoms with Crippen molar-refractivity contribution in [2.75, 3.05) is 5.75 Å². The second-order valence-corrected chi connectivity index (χ2v) is 5.64. The van der Waals surface area contributed by atoms with E-state index >= 15 is 0 Å². The van der Waals surface area contributed by atoms with Crippen molar-refractivity contribution in [2.45, 2.75) is 44.2 Å². The van der Waals surface area contributed by atoms with Crippen molar-refractivity contribution < 1.29 is 0 Å². The van der Waals surface area contributed by atoms with Gasteiger partial charge >= 0.3 is 0 Å². The van der Waals surface area contributed by atoms with E-state index < -0.39 is 0 Å². The number of thioether (sulfide) groups is 1. The Balaban J connectivity index is 1.93. The lowest BCUT2D eigenvalue weighted by Gasteiger charge is -2.10. The Hall–Kier alpha value is -0.540. The van der Waals surface area contributed by atoms with Crippen molar-refractivity contribution >= 4 is 11.8 Å². The lowest BCUT2D eigenvalue weighted by molar-refractivity contribution is 0.622. The van der Waals surface area contributed by atoms with Crippen LogP contribution < -0.4 is 5.73 Å². The molecule has 0 amide bonds. The molecule has 16 heavy (non-hydrogen) atoms. The van der Waals surface area contributed by atoms with E-state index in [1.54, 1.807) is 0 Å². The van der Waals surface area contributed by atoms with Gasteiger partial charge in [0, 0.05) is 18.5 Å². The number of nitrogens with zero attached hydrogens (tertiary/aromatic N) is 1. The molecule has 0 atom stereocenters. The average Bonchev–Trinajstić information content (AvgIpc) is 2.80. The number of hydrogen-bond donors (Lipinski definition) is 1. The van der Waals surface area contributed by atoms with E-state index in [4.69, 9.17) is 5.73 Å². The summed E-state index contributed by atoms with van der Waals surface area (Å²) in [6.07, 6.45) is 7.57. The second kappa shape index (κ2) is 5.69. The molecule has 1 fully saturated rings. The Labute approximate surface area is 102 Å². The molecular weight excluding hydrogens is 216 g/mol. The molecule has 1 aromatic heterocycles. The lowest BCUT2D eigenvalue weighted by atomic mass is 10.1. The number of rotatable bonds is 4. The first kappa shape index (κ1) is 11.9. The largest absolute Gasteiger partial charge is 0.326 e. The molecule has 2 N–H and O–H groups in total. The highest BCUT2D eigenvalue weighted by Crippen LogP contribution is 2.31. The molecular formula is C13H20N2S. The summed E-state index contributed by atoms with van der Waals surface area (Å²) in [6.45, 7) is 2.71. The zero-order valence-corrected chi connectivity index (χ0v) is 10.7. The maximum absolute atomic E-state index is 5.60. The van der Waals surface area contributed by atoms with E-state index in [9.17, 15) is 0 Å². The molecule has 1 aromatic rings. The summed E-state index contributed by atoms with van der Waals surface area (Å²) in [5, 5.41) is 1.18. The van der Waals surface area contributed by atoms with Crippen LogP contribution in [0.1, 0.15) is 36.8 Å². The molecule has 1 saturated carbocycles. The van der Waals surface area contributed by atoms with E-state index in [-0.39, 0.29) is 0 Å². The summed E-state index contributed by atoms with van der Waals surface area (Å²) in [7, 11) is 0. The Morgan fingerprint density at radius 1 is 1.44 bits per heavy atom. The van der Waals surface area contributed by atoms with Crippen molar-refractivity contribution in [1.82, 2.24) is 4.98 Å². The van der Waals surface area contributed by atoms with E-state index in [1.807, 2.05) is 18.0 Å². The van der Waals surface area contributed by atoms with Crippen LogP contribution in [0.3, 0.4) is 0 Å². The van der Waals surface area contributed by atoms with Crippen LogP contribution in [0.15, 0.2) is 17.3 Å². The quantitative estimate of drug-likeness (QED) is 0.816. The zero-order valence-electron chi connectivity index (χ0n) is 9.91. The van der Waals surface area contributed by atoms with Crippen LogP contribution in [0.25, 0.3) is 0 Å². The van der Waals surface area contributed by atoms with Crippen LogP contribution in [-0.4, -0.2) is 10.7 Å². The molecule has 88 valence electrons. The third kappa shape index (κ3) is 2.98. The normalized spacial score (nSPS) is 16.9. The predicted octanol–water partition coefficient (Wildman–Crippen LogP) is 3.13. The molecule has 2 nitrogen and oxygen atoms in total. The molecule has 0 aromatic carbocycles. The monoisotopic (exact) mass is 236 g/mol. The van der Waals surface area contributed by atoms with Gasteiger partial charge in [0.2, 0.25) is 0 Å². The van der Waals surface area contributed by atoms with Crippen LogP contribution in [0.5, 0.6) is 0 Å². The van der Waals surface area contributed by atoms with E-state index in [2.05, 4.69) is 18.0 Å². The first-order valence-corrected chi connectivity index (χ1v) is 7.06. The molecule has 0 unspecified atom stereocenters. The first-order valence-electron chi connectivity index (χ1n) is 6.08. The van der Waals surface area contributed by atoms with E-state index in [1.165, 1.54) is 42.0 Å². The van der Waals surface area contributed by atoms with Gasteiger partial charge in [-0.1, -0.05) is 18.9 Å². The second-order valence-electron chi connectivity index (χ2n) is 4.63. The van der Waals surface area contributed by atoms with Crippen molar-refractivity contribution in [2.24, 2.45) is 11.7 Å². The van der Waals surface area contributed by atoms with Crippen molar-refractivity contribution in [3.63, 3.8) is 0 Å². The van der Waals surface area contributed by atoms with Crippen LogP contribution in [0, 0.1) is 12.8 Å². The predicted molar refractivity (Wildman–Crippen MR) is 69.5 cm³/mol. The SMILES string of the molecule is Cc1cc(CN)cnc1SCC1CCCC1. The van der Waals surface area contributed by atoms with Gasteiger partial charge in [-0.25, -0.2) is 4.98 Å². The van der Waals surface area contributed by atoms with Gasteiger partial charge in [-0.15, -0.1) is 11.8 Å². The fourth-order valence-electron chi connectivity index (χ4n) is 2.26. The van der Waals surface area contributed by atoms with Gasteiger partial charge in [0.15, 0.2) is 0 Å². The molecule has 2 rings (SSSR count). The third-order valence-electron chi connectivity index (χ3n) is 3.25. The fraction of sp³-hybridized carbons (Fsp3) is 0.615. The molecule has 0 bridgehead atoms. The fourth-order valence-corrected chi connectivity index (χ4v) is 3.40. The molecule has 0 radical (unpaired) electrons. The lowest BCUT2D eigenvalue weighted by Crippen LogP contribution is -2.01. The summed E-state index contributed by atoms with van der Waals surface area (Å²) >= 11 is 1.91. The van der Waals surface area contributed by atoms with E-state index in [0.717, 1.165) is 11.5 Å². The van der Waals surface area contributed by atoms with Gasteiger partial charge in [-0.05, 0) is 36.8 Å². The summed E-state index contributed by atoms with van der Waals surface area (Å²) < 4.78 is 0. The van der Waals surface area contributed by atoms with Gasteiger partial charge < -0.3 is 5.73 Å². The maximum atomic E-state index is 5.60. The average molecular weight is 236 g/mol. The van der Waals surface area contributed by atoms with Crippen LogP contribution in [0.4, 0.5) is 0 Å². The van der Waals surface area contributed by atoms with E-state index in [0.29, 0.717) is 6.54 Å². The molecule has 0 saturated heterocycles. The number of hydrogen-bond acceptors (Lipinski definition) is 3. The number of pyridine rings is 1. The minimum atomic E-state index is 0.585. The summed E-state index contributed by atoms with van der Waals surface area (Å²) in [5.41, 5.74) is 7.99. The summed E-state index contributed by atoms with van der Waals surface area (Å²) in [4.78, 5) is 4.49.